The van der Waals surface area contributed by atoms with Crippen LogP contribution in [0.3, 0.4) is 0 Å². The number of ether oxygens (including phenoxy) is 1. The second-order valence-electron chi connectivity index (χ2n) is 6.21. The lowest BCUT2D eigenvalue weighted by atomic mass is 10.1. The first-order valence-corrected chi connectivity index (χ1v) is 8.64. The largest absolute Gasteiger partial charge is 0.452 e. The number of carbonyl (C=O) groups excluding carboxylic acids is 2. The molecule has 6 heteroatoms. The summed E-state index contributed by atoms with van der Waals surface area (Å²) in [5.74, 6) is -0.875. The molecule has 3 aromatic rings. The van der Waals surface area contributed by atoms with Crippen LogP contribution < -0.4 is 5.32 Å². The lowest BCUT2D eigenvalue weighted by Gasteiger charge is -2.09. The molecule has 3 rings (SSSR count). The number of rotatable bonds is 6. The number of hydrogen-bond acceptors (Lipinski definition) is 4. The molecular weight excluding hydrogens is 342 g/mol. The van der Waals surface area contributed by atoms with Crippen LogP contribution in [0, 0.1) is 13.8 Å². The summed E-state index contributed by atoms with van der Waals surface area (Å²) < 4.78 is 6.86. The van der Waals surface area contributed by atoms with E-state index in [1.165, 1.54) is 0 Å². The number of aromatic nitrogens is 2. The van der Waals surface area contributed by atoms with Crippen molar-refractivity contribution in [2.24, 2.45) is 0 Å². The topological polar surface area (TPSA) is 73.2 Å². The summed E-state index contributed by atoms with van der Waals surface area (Å²) in [6.07, 6.45) is 1.72. The third-order valence-corrected chi connectivity index (χ3v) is 4.25. The maximum atomic E-state index is 12.1. The number of hydrogen-bond donors (Lipinski definition) is 1. The van der Waals surface area contributed by atoms with Gasteiger partial charge < -0.3 is 10.1 Å². The van der Waals surface area contributed by atoms with Gasteiger partial charge in [-0.3, -0.25) is 4.79 Å². The first-order valence-electron chi connectivity index (χ1n) is 8.64. The monoisotopic (exact) mass is 363 g/mol. The van der Waals surface area contributed by atoms with Crippen LogP contribution in [0.1, 0.15) is 27.2 Å². The molecule has 0 bridgehead atoms. The predicted molar refractivity (Wildman–Crippen MR) is 102 cm³/mol. The Morgan fingerprint density at radius 2 is 1.78 bits per heavy atom. The molecule has 0 fully saturated rings. The van der Waals surface area contributed by atoms with Gasteiger partial charge in [-0.1, -0.05) is 24.3 Å². The van der Waals surface area contributed by atoms with Gasteiger partial charge in [0, 0.05) is 18.4 Å². The Bertz CT molecular complexity index is 945. The fraction of sp³-hybridized carbons (Fsp3) is 0.190. The van der Waals surface area contributed by atoms with E-state index in [4.69, 9.17) is 4.74 Å². The molecule has 0 atom stereocenters. The summed E-state index contributed by atoms with van der Waals surface area (Å²) in [5.41, 5.74) is 4.36. The molecule has 0 unspecified atom stereocenters. The molecule has 27 heavy (non-hydrogen) atoms. The molecule has 0 aliphatic carbocycles. The van der Waals surface area contributed by atoms with Gasteiger partial charge in [-0.05, 0) is 55.3 Å². The number of esters is 1. The van der Waals surface area contributed by atoms with Gasteiger partial charge in [-0.15, -0.1) is 0 Å². The van der Waals surface area contributed by atoms with Crippen LogP contribution in [0.2, 0.25) is 0 Å². The SMILES string of the molecule is Cc1ccccc1CNC(=O)COC(=O)c1ccc(-n2nccc2C)cc1. The van der Waals surface area contributed by atoms with Crippen LogP contribution in [0.15, 0.2) is 60.8 Å². The molecule has 0 saturated heterocycles. The molecule has 1 heterocycles. The summed E-state index contributed by atoms with van der Waals surface area (Å²) >= 11 is 0. The van der Waals surface area contributed by atoms with Gasteiger partial charge >= 0.3 is 5.97 Å². The summed E-state index contributed by atoms with van der Waals surface area (Å²) in [5, 5.41) is 6.97. The Hall–Kier alpha value is -3.41. The number of aryl methyl sites for hydroxylation is 2. The van der Waals surface area contributed by atoms with Crippen molar-refractivity contribution in [3.8, 4) is 5.69 Å². The zero-order chi connectivity index (χ0) is 19.2. The van der Waals surface area contributed by atoms with E-state index in [2.05, 4.69) is 10.4 Å². The Labute approximate surface area is 157 Å². The summed E-state index contributed by atoms with van der Waals surface area (Å²) in [4.78, 5) is 24.0. The van der Waals surface area contributed by atoms with E-state index >= 15 is 0 Å². The van der Waals surface area contributed by atoms with E-state index in [-0.39, 0.29) is 12.5 Å². The van der Waals surface area contributed by atoms with Gasteiger partial charge in [0.05, 0.1) is 11.3 Å². The van der Waals surface area contributed by atoms with E-state index in [0.717, 1.165) is 22.5 Å². The molecule has 1 aromatic heterocycles. The number of nitrogens with zero attached hydrogens (tertiary/aromatic N) is 2. The van der Waals surface area contributed by atoms with Crippen molar-refractivity contribution in [1.82, 2.24) is 15.1 Å². The number of carbonyl (C=O) groups is 2. The van der Waals surface area contributed by atoms with Crippen LogP contribution in [-0.4, -0.2) is 28.3 Å². The molecule has 1 N–H and O–H groups in total. The molecule has 138 valence electrons. The van der Waals surface area contributed by atoms with Crippen molar-refractivity contribution in [3.05, 3.63) is 83.2 Å². The second kappa shape index (κ2) is 8.31. The van der Waals surface area contributed by atoms with Crippen molar-refractivity contribution < 1.29 is 14.3 Å². The fourth-order valence-electron chi connectivity index (χ4n) is 2.65. The minimum atomic E-state index is -0.537. The molecule has 2 aromatic carbocycles. The Morgan fingerprint density at radius 3 is 2.44 bits per heavy atom. The molecule has 0 aliphatic rings. The molecule has 0 aliphatic heterocycles. The highest BCUT2D eigenvalue weighted by Gasteiger charge is 2.11. The van der Waals surface area contributed by atoms with Crippen LogP contribution in [0.4, 0.5) is 0 Å². The molecule has 0 radical (unpaired) electrons. The predicted octanol–water partition coefficient (Wildman–Crippen LogP) is 2.96. The van der Waals surface area contributed by atoms with Gasteiger partial charge in [0.2, 0.25) is 0 Å². The van der Waals surface area contributed by atoms with E-state index in [9.17, 15) is 9.59 Å². The van der Waals surface area contributed by atoms with Gasteiger partial charge in [-0.25, -0.2) is 9.48 Å². The lowest BCUT2D eigenvalue weighted by Crippen LogP contribution is -2.28. The highest BCUT2D eigenvalue weighted by atomic mass is 16.5. The standard InChI is InChI=1S/C21H21N3O3/c1-15-5-3-4-6-18(15)13-22-20(25)14-27-21(26)17-7-9-19(10-8-17)24-16(2)11-12-23-24/h3-12H,13-14H2,1-2H3,(H,22,25). The Kier molecular flexibility index (Phi) is 5.66. The Balaban J connectivity index is 1.51. The average Bonchev–Trinajstić information content (AvgIpc) is 3.11. The Morgan fingerprint density at radius 1 is 1.04 bits per heavy atom. The highest BCUT2D eigenvalue weighted by Crippen LogP contribution is 2.12. The average molecular weight is 363 g/mol. The first-order chi connectivity index (χ1) is 13.0. The van der Waals surface area contributed by atoms with Crippen LogP contribution in [-0.2, 0) is 16.1 Å². The van der Waals surface area contributed by atoms with Gasteiger partial charge in [0.25, 0.3) is 5.91 Å². The van der Waals surface area contributed by atoms with Crippen LogP contribution in [0.25, 0.3) is 5.69 Å². The van der Waals surface area contributed by atoms with Crippen molar-refractivity contribution in [3.63, 3.8) is 0 Å². The van der Waals surface area contributed by atoms with Crippen molar-refractivity contribution in [2.75, 3.05) is 6.61 Å². The fourth-order valence-corrected chi connectivity index (χ4v) is 2.65. The lowest BCUT2D eigenvalue weighted by molar-refractivity contribution is -0.124. The second-order valence-corrected chi connectivity index (χ2v) is 6.21. The highest BCUT2D eigenvalue weighted by molar-refractivity contribution is 5.91. The maximum Gasteiger partial charge on any atom is 0.338 e. The van der Waals surface area contributed by atoms with Gasteiger partial charge in [0.1, 0.15) is 0 Å². The number of nitrogens with one attached hydrogen (secondary N) is 1. The van der Waals surface area contributed by atoms with E-state index in [0.29, 0.717) is 12.1 Å². The number of amides is 1. The van der Waals surface area contributed by atoms with E-state index in [1.807, 2.05) is 44.2 Å². The van der Waals surface area contributed by atoms with E-state index < -0.39 is 5.97 Å². The smallest absolute Gasteiger partial charge is 0.338 e. The summed E-state index contributed by atoms with van der Waals surface area (Å²) in [6.45, 7) is 4.02. The minimum absolute atomic E-state index is 0.315. The number of benzene rings is 2. The maximum absolute atomic E-state index is 12.1. The van der Waals surface area contributed by atoms with Gasteiger partial charge in [0.15, 0.2) is 6.61 Å². The first kappa shape index (κ1) is 18.4. The minimum Gasteiger partial charge on any atom is -0.452 e. The van der Waals surface area contributed by atoms with E-state index in [1.54, 1.807) is 35.1 Å². The van der Waals surface area contributed by atoms with Gasteiger partial charge in [-0.2, -0.15) is 5.10 Å². The third-order valence-electron chi connectivity index (χ3n) is 4.25. The molecule has 0 saturated carbocycles. The molecule has 0 spiro atoms. The van der Waals surface area contributed by atoms with Crippen molar-refractivity contribution >= 4 is 11.9 Å². The molecule has 6 nitrogen and oxygen atoms in total. The third kappa shape index (κ3) is 4.61. The van der Waals surface area contributed by atoms with Crippen LogP contribution >= 0.6 is 0 Å². The summed E-state index contributed by atoms with van der Waals surface area (Å²) in [6, 6.07) is 16.6. The summed E-state index contributed by atoms with van der Waals surface area (Å²) in [7, 11) is 0. The van der Waals surface area contributed by atoms with Crippen molar-refractivity contribution in [1.29, 1.82) is 0 Å². The normalized spacial score (nSPS) is 10.4. The zero-order valence-electron chi connectivity index (χ0n) is 15.3. The quantitative estimate of drug-likeness (QED) is 0.684. The molecular formula is C21H21N3O3. The van der Waals surface area contributed by atoms with Crippen LogP contribution in [0.5, 0.6) is 0 Å². The molecule has 1 amide bonds. The van der Waals surface area contributed by atoms with Crippen molar-refractivity contribution in [2.45, 2.75) is 20.4 Å². The zero-order valence-corrected chi connectivity index (χ0v) is 15.3.